The summed E-state index contributed by atoms with van der Waals surface area (Å²) in [7, 11) is 0.822. The molecule has 126 valence electrons. The second-order valence-electron chi connectivity index (χ2n) is 5.33. The van der Waals surface area contributed by atoms with E-state index in [4.69, 9.17) is 4.74 Å². The molecule has 1 aromatic carbocycles. The normalized spacial score (nSPS) is 12.0. The Hall–Kier alpha value is -2.65. The fourth-order valence-electron chi connectivity index (χ4n) is 2.30. The first-order valence-electron chi connectivity index (χ1n) is 7.02. The van der Waals surface area contributed by atoms with Crippen LogP contribution in [0.5, 0.6) is 5.75 Å². The van der Waals surface area contributed by atoms with Crippen molar-refractivity contribution in [1.29, 1.82) is 0 Å². The van der Waals surface area contributed by atoms with Crippen molar-refractivity contribution < 1.29 is 13.2 Å². The van der Waals surface area contributed by atoms with Crippen molar-refractivity contribution in [2.24, 2.45) is 0 Å². The molecule has 0 unspecified atom stereocenters. The van der Waals surface area contributed by atoms with Crippen LogP contribution in [0.15, 0.2) is 40.2 Å². The standard InChI is InChI=1S/C15H16N4O4S/c1-19(2)24(21,22)9-4-5-10(13(6-9)23-3)15-17-11-7-14(20)16-8-12(11)18-15/h4-8H,1-3H3,(H,16,20)(H,17,18). The summed E-state index contributed by atoms with van der Waals surface area (Å²) in [5, 5.41) is 0. The van der Waals surface area contributed by atoms with Gasteiger partial charge in [-0.1, -0.05) is 0 Å². The number of ether oxygens (including phenoxy) is 1. The number of fused-ring (bicyclic) bond motifs is 1. The van der Waals surface area contributed by atoms with Crippen molar-refractivity contribution in [2.75, 3.05) is 21.2 Å². The number of rotatable bonds is 4. The molecule has 0 aliphatic rings. The molecule has 2 heterocycles. The third kappa shape index (κ3) is 2.68. The zero-order valence-corrected chi connectivity index (χ0v) is 14.1. The number of methoxy groups -OCH3 is 1. The third-order valence-corrected chi connectivity index (χ3v) is 5.41. The Labute approximate surface area is 138 Å². The lowest BCUT2D eigenvalue weighted by atomic mass is 10.2. The zero-order chi connectivity index (χ0) is 17.5. The zero-order valence-electron chi connectivity index (χ0n) is 13.3. The van der Waals surface area contributed by atoms with Gasteiger partial charge in [0.25, 0.3) is 0 Å². The monoisotopic (exact) mass is 348 g/mol. The molecule has 24 heavy (non-hydrogen) atoms. The molecule has 0 amide bonds. The topological polar surface area (TPSA) is 108 Å². The molecule has 9 heteroatoms. The fraction of sp³-hybridized carbons (Fsp3) is 0.200. The number of pyridine rings is 1. The van der Waals surface area contributed by atoms with E-state index in [2.05, 4.69) is 15.0 Å². The van der Waals surface area contributed by atoms with E-state index in [1.54, 1.807) is 6.07 Å². The van der Waals surface area contributed by atoms with Crippen molar-refractivity contribution in [3.05, 3.63) is 40.8 Å². The van der Waals surface area contributed by atoms with Gasteiger partial charge < -0.3 is 14.7 Å². The molecule has 0 aliphatic heterocycles. The van der Waals surface area contributed by atoms with Gasteiger partial charge in [-0.05, 0) is 12.1 Å². The maximum Gasteiger partial charge on any atom is 0.250 e. The first-order valence-corrected chi connectivity index (χ1v) is 8.46. The van der Waals surface area contributed by atoms with Crippen LogP contribution in [0.4, 0.5) is 0 Å². The summed E-state index contributed by atoms with van der Waals surface area (Å²) < 4.78 is 30.9. The number of aromatic amines is 2. The average Bonchev–Trinajstić information content (AvgIpc) is 2.96. The molecule has 0 saturated heterocycles. The van der Waals surface area contributed by atoms with Crippen molar-refractivity contribution in [2.45, 2.75) is 4.90 Å². The minimum atomic E-state index is -3.56. The summed E-state index contributed by atoms with van der Waals surface area (Å²) in [6, 6.07) is 5.94. The summed E-state index contributed by atoms with van der Waals surface area (Å²) in [6.45, 7) is 0. The highest BCUT2D eigenvalue weighted by molar-refractivity contribution is 7.89. The van der Waals surface area contributed by atoms with E-state index in [1.807, 2.05) is 0 Å². The first kappa shape index (κ1) is 16.2. The molecule has 0 bridgehead atoms. The highest BCUT2D eigenvalue weighted by Gasteiger charge is 2.20. The Morgan fingerprint density at radius 3 is 2.62 bits per heavy atom. The van der Waals surface area contributed by atoms with E-state index >= 15 is 0 Å². The summed E-state index contributed by atoms with van der Waals surface area (Å²) >= 11 is 0. The molecule has 0 atom stereocenters. The van der Waals surface area contributed by atoms with Crippen molar-refractivity contribution in [3.63, 3.8) is 0 Å². The predicted octanol–water partition coefficient (Wildman–Crippen LogP) is 1.18. The van der Waals surface area contributed by atoms with Gasteiger partial charge in [-0.15, -0.1) is 0 Å². The van der Waals surface area contributed by atoms with E-state index in [1.165, 1.54) is 45.6 Å². The molecule has 0 spiro atoms. The van der Waals surface area contributed by atoms with Gasteiger partial charge in [0, 0.05) is 32.4 Å². The molecular weight excluding hydrogens is 332 g/mol. The van der Waals surface area contributed by atoms with Crippen LogP contribution in [-0.4, -0.2) is 48.9 Å². The minimum Gasteiger partial charge on any atom is -0.496 e. The highest BCUT2D eigenvalue weighted by Crippen LogP contribution is 2.31. The quantitative estimate of drug-likeness (QED) is 0.736. The van der Waals surface area contributed by atoms with Gasteiger partial charge in [-0.25, -0.2) is 17.7 Å². The second-order valence-corrected chi connectivity index (χ2v) is 7.48. The number of nitrogens with one attached hydrogen (secondary N) is 2. The van der Waals surface area contributed by atoms with Gasteiger partial charge in [0.05, 0.1) is 28.6 Å². The van der Waals surface area contributed by atoms with Gasteiger partial charge in [-0.3, -0.25) is 4.79 Å². The molecule has 3 aromatic rings. The van der Waals surface area contributed by atoms with E-state index in [-0.39, 0.29) is 10.5 Å². The van der Waals surface area contributed by atoms with Gasteiger partial charge >= 0.3 is 0 Å². The van der Waals surface area contributed by atoms with Gasteiger partial charge in [0.15, 0.2) is 0 Å². The van der Waals surface area contributed by atoms with Crippen molar-refractivity contribution >= 4 is 21.1 Å². The fourth-order valence-corrected chi connectivity index (χ4v) is 3.21. The van der Waals surface area contributed by atoms with Crippen LogP contribution in [0, 0.1) is 0 Å². The Kier molecular flexibility index (Phi) is 3.90. The second kappa shape index (κ2) is 5.77. The van der Waals surface area contributed by atoms with Crippen molar-refractivity contribution in [3.8, 4) is 17.1 Å². The SMILES string of the molecule is COc1cc(S(=O)(=O)N(C)C)ccc1-c1nc2cc(=O)[nH]cc2[nH]1. The van der Waals surface area contributed by atoms with Crippen LogP contribution in [0.2, 0.25) is 0 Å². The number of benzene rings is 1. The Morgan fingerprint density at radius 2 is 1.96 bits per heavy atom. The smallest absolute Gasteiger partial charge is 0.250 e. The number of sulfonamides is 1. The largest absolute Gasteiger partial charge is 0.496 e. The highest BCUT2D eigenvalue weighted by atomic mass is 32.2. The van der Waals surface area contributed by atoms with Crippen LogP contribution in [0.1, 0.15) is 0 Å². The van der Waals surface area contributed by atoms with E-state index < -0.39 is 10.0 Å². The molecule has 8 nitrogen and oxygen atoms in total. The predicted molar refractivity (Wildman–Crippen MR) is 89.6 cm³/mol. The lowest BCUT2D eigenvalue weighted by molar-refractivity contribution is 0.414. The Bertz CT molecular complexity index is 1070. The first-order chi connectivity index (χ1) is 11.3. The maximum atomic E-state index is 12.2. The van der Waals surface area contributed by atoms with E-state index in [0.717, 1.165) is 4.31 Å². The summed E-state index contributed by atoms with van der Waals surface area (Å²) in [6.07, 6.45) is 1.53. The number of hydrogen-bond donors (Lipinski definition) is 2. The molecular formula is C15H16N4O4S. The summed E-state index contributed by atoms with van der Waals surface area (Å²) in [5.74, 6) is 0.845. The minimum absolute atomic E-state index is 0.124. The number of aromatic nitrogens is 3. The molecule has 3 rings (SSSR count). The van der Waals surface area contributed by atoms with E-state index in [9.17, 15) is 13.2 Å². The van der Waals surface area contributed by atoms with Crippen LogP contribution >= 0.6 is 0 Å². The molecule has 0 fully saturated rings. The maximum absolute atomic E-state index is 12.2. The van der Waals surface area contributed by atoms with E-state index in [0.29, 0.717) is 28.2 Å². The Balaban J connectivity index is 2.15. The summed E-state index contributed by atoms with van der Waals surface area (Å²) in [4.78, 5) is 21.5. The third-order valence-electron chi connectivity index (χ3n) is 3.59. The lowest BCUT2D eigenvalue weighted by Crippen LogP contribution is -2.22. The number of nitrogens with zero attached hydrogens (tertiary/aromatic N) is 2. The molecule has 2 N–H and O–H groups in total. The molecule has 0 radical (unpaired) electrons. The van der Waals surface area contributed by atoms with Crippen LogP contribution in [0.3, 0.4) is 0 Å². The molecule has 0 aliphatic carbocycles. The van der Waals surface area contributed by atoms with Gasteiger partial charge in [0.1, 0.15) is 11.6 Å². The van der Waals surface area contributed by atoms with Crippen LogP contribution in [0.25, 0.3) is 22.4 Å². The number of H-pyrrole nitrogens is 2. The lowest BCUT2D eigenvalue weighted by Gasteiger charge is -2.13. The number of imidazole rings is 1. The molecule has 2 aromatic heterocycles. The van der Waals surface area contributed by atoms with Crippen LogP contribution < -0.4 is 10.3 Å². The van der Waals surface area contributed by atoms with Crippen molar-refractivity contribution in [1.82, 2.24) is 19.3 Å². The van der Waals surface area contributed by atoms with Gasteiger partial charge in [-0.2, -0.15) is 0 Å². The summed E-state index contributed by atoms with van der Waals surface area (Å²) in [5.41, 5.74) is 1.52. The Morgan fingerprint density at radius 1 is 1.21 bits per heavy atom. The molecule has 0 saturated carbocycles. The van der Waals surface area contributed by atoms with Gasteiger partial charge in [0.2, 0.25) is 15.6 Å². The van der Waals surface area contributed by atoms with Crippen LogP contribution in [-0.2, 0) is 10.0 Å². The average molecular weight is 348 g/mol. The number of hydrogen-bond acceptors (Lipinski definition) is 5.